The molecule has 8 heteroatoms. The number of hydrogen-bond acceptors (Lipinski definition) is 5. The molecule has 2 saturated heterocycles. The van der Waals surface area contributed by atoms with E-state index >= 15 is 0 Å². The van der Waals surface area contributed by atoms with E-state index in [4.69, 9.17) is 9.47 Å². The molecule has 2 aliphatic heterocycles. The molecule has 24 heavy (non-hydrogen) atoms. The van der Waals surface area contributed by atoms with E-state index < -0.39 is 0 Å². The highest BCUT2D eigenvalue weighted by atomic mass is 16.5. The van der Waals surface area contributed by atoms with Gasteiger partial charge in [0.1, 0.15) is 5.69 Å². The zero-order valence-electron chi connectivity index (χ0n) is 13.9. The maximum absolute atomic E-state index is 12.2. The number of carbonyl (C=O) groups excluding carboxylic acids is 2. The third kappa shape index (κ3) is 4.12. The molecule has 132 valence electrons. The van der Waals surface area contributed by atoms with Crippen LogP contribution in [-0.2, 0) is 16.5 Å². The van der Waals surface area contributed by atoms with Crippen molar-refractivity contribution in [1.82, 2.24) is 20.4 Å². The number of ether oxygens (including phenoxy) is 2. The van der Waals surface area contributed by atoms with Gasteiger partial charge >= 0.3 is 0 Å². The van der Waals surface area contributed by atoms with Gasteiger partial charge < -0.3 is 20.1 Å². The van der Waals surface area contributed by atoms with Crippen LogP contribution in [0.1, 0.15) is 46.7 Å². The smallest absolute Gasteiger partial charge is 0.271 e. The second kappa shape index (κ2) is 7.76. The van der Waals surface area contributed by atoms with Crippen LogP contribution >= 0.6 is 0 Å². The zero-order chi connectivity index (χ0) is 16.9. The van der Waals surface area contributed by atoms with Gasteiger partial charge in [0.15, 0.2) is 5.69 Å². The number of aromatic nitrogens is 2. The van der Waals surface area contributed by atoms with Gasteiger partial charge in [0.2, 0.25) is 0 Å². The van der Waals surface area contributed by atoms with Crippen molar-refractivity contribution in [2.45, 2.75) is 37.9 Å². The third-order valence-electron chi connectivity index (χ3n) is 4.37. The molecular weight excluding hydrogens is 312 g/mol. The normalized spacial score (nSPS) is 23.4. The Morgan fingerprint density at radius 2 is 1.71 bits per heavy atom. The largest absolute Gasteiger partial charge is 0.376 e. The Hall–Kier alpha value is -1.93. The monoisotopic (exact) mass is 336 g/mol. The van der Waals surface area contributed by atoms with Gasteiger partial charge in [0.05, 0.1) is 12.2 Å². The first-order chi connectivity index (χ1) is 11.6. The van der Waals surface area contributed by atoms with Gasteiger partial charge in [-0.15, -0.1) is 0 Å². The molecule has 3 heterocycles. The Morgan fingerprint density at radius 3 is 2.25 bits per heavy atom. The van der Waals surface area contributed by atoms with Gasteiger partial charge in [-0.1, -0.05) is 0 Å². The maximum atomic E-state index is 12.2. The van der Waals surface area contributed by atoms with E-state index in [1.165, 1.54) is 10.7 Å². The number of nitrogens with zero attached hydrogens (tertiary/aromatic N) is 2. The second-order valence-electron chi connectivity index (χ2n) is 6.23. The van der Waals surface area contributed by atoms with Gasteiger partial charge in [-0.2, -0.15) is 5.10 Å². The molecule has 0 aromatic carbocycles. The first-order valence-corrected chi connectivity index (χ1v) is 8.47. The van der Waals surface area contributed by atoms with E-state index in [9.17, 15) is 9.59 Å². The van der Waals surface area contributed by atoms with Gasteiger partial charge in [0.25, 0.3) is 11.8 Å². The lowest BCUT2D eigenvalue weighted by atomic mass is 10.2. The summed E-state index contributed by atoms with van der Waals surface area (Å²) in [7, 11) is 1.65. The summed E-state index contributed by atoms with van der Waals surface area (Å²) in [5, 5.41) is 9.77. The zero-order valence-corrected chi connectivity index (χ0v) is 13.9. The van der Waals surface area contributed by atoms with Crippen molar-refractivity contribution in [3.8, 4) is 0 Å². The highest BCUT2D eigenvalue weighted by Gasteiger charge is 2.21. The molecule has 0 radical (unpaired) electrons. The van der Waals surface area contributed by atoms with Crippen molar-refractivity contribution in [1.29, 1.82) is 0 Å². The Balaban J connectivity index is 1.52. The number of hydrogen-bond donors (Lipinski definition) is 2. The van der Waals surface area contributed by atoms with E-state index in [1.807, 2.05) is 0 Å². The van der Waals surface area contributed by atoms with Gasteiger partial charge in [-0.3, -0.25) is 14.3 Å². The van der Waals surface area contributed by atoms with E-state index in [0.29, 0.717) is 18.8 Å². The highest BCUT2D eigenvalue weighted by Crippen LogP contribution is 2.12. The third-order valence-corrected chi connectivity index (χ3v) is 4.37. The fourth-order valence-corrected chi connectivity index (χ4v) is 3.00. The van der Waals surface area contributed by atoms with E-state index in [1.54, 1.807) is 7.05 Å². The van der Waals surface area contributed by atoms with Crippen LogP contribution in [0.5, 0.6) is 0 Å². The molecule has 1 aromatic heterocycles. The molecule has 2 aliphatic rings. The van der Waals surface area contributed by atoms with E-state index in [2.05, 4.69) is 15.7 Å². The van der Waals surface area contributed by atoms with Crippen molar-refractivity contribution < 1.29 is 19.1 Å². The molecule has 2 fully saturated rings. The Morgan fingerprint density at radius 1 is 1.12 bits per heavy atom. The Labute approximate surface area is 140 Å². The number of amides is 2. The molecule has 2 unspecified atom stereocenters. The van der Waals surface area contributed by atoms with Crippen molar-refractivity contribution in [3.63, 3.8) is 0 Å². The average molecular weight is 336 g/mol. The fraction of sp³-hybridized carbons (Fsp3) is 0.688. The van der Waals surface area contributed by atoms with E-state index in [0.717, 1.165) is 38.9 Å². The lowest BCUT2D eigenvalue weighted by Gasteiger charge is -2.10. The molecule has 1 aromatic rings. The number of nitrogens with one attached hydrogen (secondary N) is 2. The highest BCUT2D eigenvalue weighted by molar-refractivity contribution is 5.97. The second-order valence-corrected chi connectivity index (χ2v) is 6.23. The van der Waals surface area contributed by atoms with Gasteiger partial charge in [-0.05, 0) is 25.7 Å². The summed E-state index contributed by atoms with van der Waals surface area (Å²) < 4.78 is 12.4. The quantitative estimate of drug-likeness (QED) is 0.776. The van der Waals surface area contributed by atoms with Gasteiger partial charge in [-0.25, -0.2) is 0 Å². The first-order valence-electron chi connectivity index (χ1n) is 8.47. The summed E-state index contributed by atoms with van der Waals surface area (Å²) >= 11 is 0. The SMILES string of the molecule is Cn1nc(C(=O)NCC2CCCO2)cc1C(=O)NCC1CCCO1. The predicted molar refractivity (Wildman–Crippen MR) is 85.8 cm³/mol. The molecule has 2 N–H and O–H groups in total. The maximum Gasteiger partial charge on any atom is 0.271 e. The van der Waals surface area contributed by atoms with Crippen molar-refractivity contribution in [2.75, 3.05) is 26.3 Å². The number of rotatable bonds is 6. The summed E-state index contributed by atoms with van der Waals surface area (Å²) in [6, 6.07) is 1.51. The molecule has 0 spiro atoms. The molecule has 2 amide bonds. The standard InChI is InChI=1S/C16H24N4O4/c1-20-14(16(22)18-10-12-5-3-7-24-12)8-13(19-20)15(21)17-9-11-4-2-6-23-11/h8,11-12H,2-7,9-10H2,1H3,(H,17,21)(H,18,22). The van der Waals surface area contributed by atoms with Crippen LogP contribution in [-0.4, -0.2) is 60.1 Å². The van der Waals surface area contributed by atoms with Gasteiger partial charge in [0, 0.05) is 39.4 Å². The lowest BCUT2D eigenvalue weighted by Crippen LogP contribution is -2.32. The summed E-state index contributed by atoms with van der Waals surface area (Å²) in [5.41, 5.74) is 0.591. The minimum atomic E-state index is -0.292. The topological polar surface area (TPSA) is 94.5 Å². The van der Waals surface area contributed by atoms with Crippen LogP contribution in [0.15, 0.2) is 6.07 Å². The number of carbonyl (C=O) groups is 2. The first kappa shape index (κ1) is 16.9. The van der Waals surface area contributed by atoms with Crippen LogP contribution in [0.3, 0.4) is 0 Å². The van der Waals surface area contributed by atoms with Crippen LogP contribution in [0.2, 0.25) is 0 Å². The molecular formula is C16H24N4O4. The molecule has 0 bridgehead atoms. The van der Waals surface area contributed by atoms with Crippen molar-refractivity contribution in [3.05, 3.63) is 17.5 Å². The molecule has 0 saturated carbocycles. The predicted octanol–water partition coefficient (Wildman–Crippen LogP) is 0.238. The fourth-order valence-electron chi connectivity index (χ4n) is 3.00. The summed E-state index contributed by atoms with van der Waals surface area (Å²) in [5.74, 6) is -0.544. The molecule has 8 nitrogen and oxygen atoms in total. The molecule has 3 rings (SSSR count). The van der Waals surface area contributed by atoms with Crippen LogP contribution in [0, 0.1) is 0 Å². The summed E-state index contributed by atoms with van der Waals surface area (Å²) in [6.07, 6.45) is 4.13. The molecule has 0 aliphatic carbocycles. The summed E-state index contributed by atoms with van der Waals surface area (Å²) in [4.78, 5) is 24.4. The summed E-state index contributed by atoms with van der Waals surface area (Å²) in [6.45, 7) is 2.45. The Kier molecular flexibility index (Phi) is 5.47. The van der Waals surface area contributed by atoms with Crippen LogP contribution < -0.4 is 10.6 Å². The van der Waals surface area contributed by atoms with Crippen LogP contribution in [0.4, 0.5) is 0 Å². The van der Waals surface area contributed by atoms with Crippen molar-refractivity contribution >= 4 is 11.8 Å². The molecule has 2 atom stereocenters. The van der Waals surface area contributed by atoms with Crippen LogP contribution in [0.25, 0.3) is 0 Å². The van der Waals surface area contributed by atoms with E-state index in [-0.39, 0.29) is 29.7 Å². The minimum absolute atomic E-state index is 0.0758. The number of aryl methyl sites for hydroxylation is 1. The lowest BCUT2D eigenvalue weighted by molar-refractivity contribution is 0.0848. The minimum Gasteiger partial charge on any atom is -0.376 e. The average Bonchev–Trinajstić information content (AvgIpc) is 3.31. The Bertz CT molecular complexity index is 589. The van der Waals surface area contributed by atoms with Crippen molar-refractivity contribution in [2.24, 2.45) is 7.05 Å².